The lowest BCUT2D eigenvalue weighted by Crippen LogP contribution is -2.55. The van der Waals surface area contributed by atoms with Gasteiger partial charge in [-0.15, -0.1) is 0 Å². The quantitative estimate of drug-likeness (QED) is 0.849. The van der Waals surface area contributed by atoms with Crippen molar-refractivity contribution >= 4 is 17.5 Å². The molecular formula is C18H25N3O2. The Balaban J connectivity index is 1.79. The predicted octanol–water partition coefficient (Wildman–Crippen LogP) is 1.52. The summed E-state index contributed by atoms with van der Waals surface area (Å²) < 4.78 is 0. The molecule has 5 heteroatoms. The second-order valence-corrected chi connectivity index (χ2v) is 6.23. The first-order valence-electron chi connectivity index (χ1n) is 8.56. The van der Waals surface area contributed by atoms with Crippen LogP contribution in [0.4, 0.5) is 5.69 Å². The Morgan fingerprint density at radius 3 is 2.43 bits per heavy atom. The van der Waals surface area contributed by atoms with E-state index in [2.05, 4.69) is 11.8 Å². The van der Waals surface area contributed by atoms with Crippen molar-refractivity contribution < 1.29 is 9.59 Å². The molecule has 0 aliphatic carbocycles. The molecule has 1 aromatic carbocycles. The van der Waals surface area contributed by atoms with Gasteiger partial charge in [-0.1, -0.05) is 32.0 Å². The SMILES string of the molecule is CCC(=O)N1c2ccccc2CC1C(=O)N1CCN(CC)CC1. The summed E-state index contributed by atoms with van der Waals surface area (Å²) in [5.41, 5.74) is 2.00. The maximum absolute atomic E-state index is 13.0. The number of carbonyl (C=O) groups is 2. The van der Waals surface area contributed by atoms with E-state index in [4.69, 9.17) is 0 Å². The van der Waals surface area contributed by atoms with Crippen LogP contribution < -0.4 is 4.90 Å². The second-order valence-electron chi connectivity index (χ2n) is 6.23. The first-order chi connectivity index (χ1) is 11.2. The molecule has 0 N–H and O–H groups in total. The molecule has 2 heterocycles. The normalized spacial score (nSPS) is 21.4. The third kappa shape index (κ3) is 2.98. The third-order valence-electron chi connectivity index (χ3n) is 4.96. The Morgan fingerprint density at radius 2 is 1.78 bits per heavy atom. The summed E-state index contributed by atoms with van der Waals surface area (Å²) in [6.07, 6.45) is 1.05. The summed E-state index contributed by atoms with van der Waals surface area (Å²) in [6, 6.07) is 7.51. The summed E-state index contributed by atoms with van der Waals surface area (Å²) in [5.74, 6) is 0.124. The lowest BCUT2D eigenvalue weighted by Gasteiger charge is -2.37. The van der Waals surface area contributed by atoms with Crippen LogP contribution in [0.1, 0.15) is 25.8 Å². The molecule has 0 aromatic heterocycles. The van der Waals surface area contributed by atoms with Crippen molar-refractivity contribution in [3.05, 3.63) is 29.8 Å². The van der Waals surface area contributed by atoms with Crippen molar-refractivity contribution in [1.82, 2.24) is 9.80 Å². The van der Waals surface area contributed by atoms with Gasteiger partial charge in [-0.25, -0.2) is 0 Å². The average Bonchev–Trinajstić information content (AvgIpc) is 3.00. The number of rotatable bonds is 3. The van der Waals surface area contributed by atoms with Crippen LogP contribution in [0.5, 0.6) is 0 Å². The number of amides is 2. The van der Waals surface area contributed by atoms with Crippen molar-refractivity contribution in [2.45, 2.75) is 32.7 Å². The zero-order valence-corrected chi connectivity index (χ0v) is 14.0. The summed E-state index contributed by atoms with van der Waals surface area (Å²) in [5, 5.41) is 0. The molecule has 1 fully saturated rings. The fourth-order valence-corrected chi connectivity index (χ4v) is 3.56. The first kappa shape index (κ1) is 16.0. The van der Waals surface area contributed by atoms with Gasteiger partial charge in [0.25, 0.3) is 0 Å². The highest BCUT2D eigenvalue weighted by atomic mass is 16.2. The predicted molar refractivity (Wildman–Crippen MR) is 90.4 cm³/mol. The van der Waals surface area contributed by atoms with Crippen LogP contribution >= 0.6 is 0 Å². The summed E-state index contributed by atoms with van der Waals surface area (Å²) in [7, 11) is 0. The molecule has 0 saturated carbocycles. The minimum atomic E-state index is -0.368. The molecule has 0 spiro atoms. The first-order valence-corrected chi connectivity index (χ1v) is 8.56. The Kier molecular flexibility index (Phi) is 4.66. The maximum Gasteiger partial charge on any atom is 0.246 e. The zero-order chi connectivity index (χ0) is 16.4. The topological polar surface area (TPSA) is 43.9 Å². The van der Waals surface area contributed by atoms with E-state index in [1.807, 2.05) is 36.1 Å². The van der Waals surface area contributed by atoms with E-state index < -0.39 is 0 Å². The van der Waals surface area contributed by atoms with E-state index in [1.54, 1.807) is 4.90 Å². The van der Waals surface area contributed by atoms with Gasteiger partial charge in [0.05, 0.1) is 0 Å². The zero-order valence-electron chi connectivity index (χ0n) is 14.0. The van der Waals surface area contributed by atoms with Crippen LogP contribution in [0.3, 0.4) is 0 Å². The number of fused-ring (bicyclic) bond motifs is 1. The van der Waals surface area contributed by atoms with E-state index in [0.717, 1.165) is 44.0 Å². The van der Waals surface area contributed by atoms with Gasteiger partial charge < -0.3 is 9.80 Å². The van der Waals surface area contributed by atoms with E-state index >= 15 is 0 Å². The molecule has 1 aromatic rings. The number of nitrogens with zero attached hydrogens (tertiary/aromatic N) is 3. The van der Waals surface area contributed by atoms with Gasteiger partial charge in [0.1, 0.15) is 6.04 Å². The molecule has 5 nitrogen and oxygen atoms in total. The summed E-state index contributed by atoms with van der Waals surface area (Å²) in [4.78, 5) is 31.4. The molecule has 0 bridgehead atoms. The number of hydrogen-bond donors (Lipinski definition) is 0. The van der Waals surface area contributed by atoms with Crippen molar-refractivity contribution in [2.24, 2.45) is 0 Å². The number of benzene rings is 1. The van der Waals surface area contributed by atoms with Gasteiger partial charge in [0.2, 0.25) is 11.8 Å². The number of likely N-dealkylation sites (N-methyl/N-ethyl adjacent to an activating group) is 1. The number of carbonyl (C=O) groups excluding carboxylic acids is 2. The van der Waals surface area contributed by atoms with Crippen LogP contribution in [-0.2, 0) is 16.0 Å². The molecule has 3 rings (SSSR count). The molecule has 0 radical (unpaired) electrons. The number of para-hydroxylation sites is 1. The molecule has 1 unspecified atom stereocenters. The second kappa shape index (κ2) is 6.71. The van der Waals surface area contributed by atoms with Gasteiger partial charge in [-0.2, -0.15) is 0 Å². The Labute approximate surface area is 137 Å². The highest BCUT2D eigenvalue weighted by molar-refractivity contribution is 6.03. The fraction of sp³-hybridized carbons (Fsp3) is 0.556. The van der Waals surface area contributed by atoms with Crippen LogP contribution in [0, 0.1) is 0 Å². The van der Waals surface area contributed by atoms with Crippen LogP contribution in [0.2, 0.25) is 0 Å². The summed E-state index contributed by atoms with van der Waals surface area (Å²) >= 11 is 0. The fourth-order valence-electron chi connectivity index (χ4n) is 3.56. The lowest BCUT2D eigenvalue weighted by molar-refractivity contribution is -0.135. The average molecular weight is 315 g/mol. The Bertz CT molecular complexity index is 594. The molecule has 23 heavy (non-hydrogen) atoms. The van der Waals surface area contributed by atoms with E-state index in [0.29, 0.717) is 12.8 Å². The third-order valence-corrected chi connectivity index (χ3v) is 4.96. The lowest BCUT2D eigenvalue weighted by atomic mass is 10.1. The summed E-state index contributed by atoms with van der Waals surface area (Å²) in [6.45, 7) is 8.38. The van der Waals surface area contributed by atoms with Gasteiger partial charge in [-0.3, -0.25) is 14.5 Å². The molecule has 1 atom stereocenters. The Morgan fingerprint density at radius 1 is 1.09 bits per heavy atom. The minimum Gasteiger partial charge on any atom is -0.338 e. The number of anilines is 1. The van der Waals surface area contributed by atoms with Crippen molar-refractivity contribution in [3.63, 3.8) is 0 Å². The molecule has 2 amide bonds. The number of piperazine rings is 1. The maximum atomic E-state index is 13.0. The number of hydrogen-bond acceptors (Lipinski definition) is 3. The van der Waals surface area contributed by atoms with E-state index in [9.17, 15) is 9.59 Å². The largest absolute Gasteiger partial charge is 0.338 e. The van der Waals surface area contributed by atoms with Crippen LogP contribution in [0.25, 0.3) is 0 Å². The minimum absolute atomic E-state index is 0.0282. The molecule has 2 aliphatic heterocycles. The van der Waals surface area contributed by atoms with Crippen molar-refractivity contribution in [3.8, 4) is 0 Å². The van der Waals surface area contributed by atoms with Gasteiger partial charge in [0, 0.05) is 44.7 Å². The monoisotopic (exact) mass is 315 g/mol. The Hall–Kier alpha value is -1.88. The van der Waals surface area contributed by atoms with Gasteiger partial charge in [-0.05, 0) is 18.2 Å². The van der Waals surface area contributed by atoms with E-state index in [-0.39, 0.29) is 17.9 Å². The van der Waals surface area contributed by atoms with Crippen LogP contribution in [0.15, 0.2) is 24.3 Å². The standard InChI is InChI=1S/C18H25N3O2/c1-3-17(22)21-15-8-6-5-7-14(15)13-16(21)18(23)20-11-9-19(4-2)10-12-20/h5-8,16H,3-4,9-13H2,1-2H3. The van der Waals surface area contributed by atoms with Gasteiger partial charge in [0.15, 0.2) is 0 Å². The molecule has 124 valence electrons. The molecule has 2 aliphatic rings. The van der Waals surface area contributed by atoms with Crippen LogP contribution in [-0.4, -0.2) is 60.4 Å². The molecule has 1 saturated heterocycles. The highest BCUT2D eigenvalue weighted by Crippen LogP contribution is 2.33. The molecular weight excluding hydrogens is 290 g/mol. The van der Waals surface area contributed by atoms with E-state index in [1.165, 1.54) is 0 Å². The highest BCUT2D eigenvalue weighted by Gasteiger charge is 2.39. The smallest absolute Gasteiger partial charge is 0.246 e. The van der Waals surface area contributed by atoms with Crippen molar-refractivity contribution in [1.29, 1.82) is 0 Å². The van der Waals surface area contributed by atoms with Crippen molar-refractivity contribution in [2.75, 3.05) is 37.6 Å². The van der Waals surface area contributed by atoms with Gasteiger partial charge >= 0.3 is 0 Å².